The van der Waals surface area contributed by atoms with E-state index in [9.17, 15) is 5.11 Å². The van der Waals surface area contributed by atoms with E-state index in [0.717, 1.165) is 25.5 Å². The lowest BCUT2D eigenvalue weighted by Crippen LogP contribution is -2.39. The van der Waals surface area contributed by atoms with Crippen LogP contribution in [0.25, 0.3) is 0 Å². The zero-order valence-corrected chi connectivity index (χ0v) is 7.70. The van der Waals surface area contributed by atoms with Gasteiger partial charge in [0.2, 0.25) is 0 Å². The molecule has 0 aromatic carbocycles. The van der Waals surface area contributed by atoms with E-state index in [4.69, 9.17) is 10.00 Å². The number of rotatable bonds is 0. The van der Waals surface area contributed by atoms with Crippen LogP contribution in [-0.2, 0) is 4.74 Å². The highest BCUT2D eigenvalue weighted by Crippen LogP contribution is 2.43. The Balaban J connectivity index is 2.00. The van der Waals surface area contributed by atoms with Gasteiger partial charge in [0.15, 0.2) is 0 Å². The van der Waals surface area contributed by atoms with Crippen molar-refractivity contribution in [2.24, 2.45) is 5.41 Å². The molecule has 2 rings (SSSR count). The fourth-order valence-electron chi connectivity index (χ4n) is 2.45. The first-order chi connectivity index (χ1) is 6.27. The van der Waals surface area contributed by atoms with Crippen molar-refractivity contribution in [3.63, 3.8) is 0 Å². The van der Waals surface area contributed by atoms with Crippen LogP contribution in [0.4, 0.5) is 0 Å². The van der Waals surface area contributed by atoms with Crippen LogP contribution in [0.2, 0.25) is 12.6 Å². The molecule has 0 aliphatic carbocycles. The maximum absolute atomic E-state index is 9.76. The number of ether oxygens (including phenoxy) is 1. The van der Waals surface area contributed by atoms with E-state index < -0.39 is 0 Å². The van der Waals surface area contributed by atoms with Gasteiger partial charge in [-0.05, 0) is 12.8 Å². The molecule has 0 saturated carbocycles. The van der Waals surface area contributed by atoms with Gasteiger partial charge in [-0.25, -0.2) is 5.26 Å². The Bertz CT molecular complexity index is 230. The number of aliphatic hydroxyl groups excluding tert-OH is 1. The molecule has 0 aromatic rings. The van der Waals surface area contributed by atoms with Gasteiger partial charge in [-0.3, -0.25) is 0 Å². The van der Waals surface area contributed by atoms with Crippen molar-refractivity contribution < 1.29 is 9.84 Å². The topological polar surface area (TPSA) is 53.2 Å². The van der Waals surface area contributed by atoms with Crippen molar-refractivity contribution in [2.75, 3.05) is 13.2 Å². The van der Waals surface area contributed by atoms with E-state index in [2.05, 4.69) is 5.97 Å². The standard InChI is InChI=1S/C9H14BNO2/c11-7-10-3-1-9(2-4-10)6-13-5-8(9)12/h8,12H,1-6H2. The second-order valence-corrected chi connectivity index (χ2v) is 4.30. The van der Waals surface area contributed by atoms with Crippen molar-refractivity contribution in [3.8, 4) is 5.97 Å². The molecule has 1 N–H and O–H groups in total. The van der Waals surface area contributed by atoms with Crippen LogP contribution in [0.1, 0.15) is 12.8 Å². The number of aliphatic hydroxyl groups is 1. The van der Waals surface area contributed by atoms with Crippen LogP contribution >= 0.6 is 0 Å². The number of nitrogens with zero attached hydrogens (tertiary/aromatic N) is 1. The quantitative estimate of drug-likeness (QED) is 0.557. The molecule has 4 heteroatoms. The zero-order chi connectivity index (χ0) is 9.31. The SMILES string of the molecule is N#CB1CCC2(CC1)COCC2O. The first-order valence-corrected chi connectivity index (χ1v) is 4.92. The highest BCUT2D eigenvalue weighted by Gasteiger charge is 2.46. The summed E-state index contributed by atoms with van der Waals surface area (Å²) in [5.41, 5.74) is -0.00660. The summed E-state index contributed by atoms with van der Waals surface area (Å²) in [6.45, 7) is 1.38. The van der Waals surface area contributed by atoms with Gasteiger partial charge in [-0.15, -0.1) is 0 Å². The van der Waals surface area contributed by atoms with Gasteiger partial charge in [0, 0.05) is 11.4 Å². The van der Waals surface area contributed by atoms with Gasteiger partial charge < -0.3 is 9.84 Å². The van der Waals surface area contributed by atoms with Crippen molar-refractivity contribution in [1.82, 2.24) is 0 Å². The minimum absolute atomic E-state index is 0.00660. The van der Waals surface area contributed by atoms with Crippen LogP contribution in [0.3, 0.4) is 0 Å². The van der Waals surface area contributed by atoms with Crippen molar-refractivity contribution >= 4 is 6.71 Å². The molecule has 1 unspecified atom stereocenters. The molecular weight excluding hydrogens is 165 g/mol. The zero-order valence-electron chi connectivity index (χ0n) is 7.70. The summed E-state index contributed by atoms with van der Waals surface area (Å²) < 4.78 is 5.29. The number of hydrogen-bond acceptors (Lipinski definition) is 3. The highest BCUT2D eigenvalue weighted by molar-refractivity contribution is 6.67. The smallest absolute Gasteiger partial charge is 0.267 e. The molecule has 0 bridgehead atoms. The molecule has 2 heterocycles. The summed E-state index contributed by atoms with van der Waals surface area (Å²) in [5, 5.41) is 18.5. The minimum atomic E-state index is -0.299. The molecule has 3 nitrogen and oxygen atoms in total. The Morgan fingerprint density at radius 2 is 2.15 bits per heavy atom. The van der Waals surface area contributed by atoms with E-state index in [1.807, 2.05) is 0 Å². The summed E-state index contributed by atoms with van der Waals surface area (Å²) in [6.07, 6.45) is 3.46. The molecule has 2 aliphatic heterocycles. The largest absolute Gasteiger partial charge is 0.390 e. The van der Waals surface area contributed by atoms with Gasteiger partial charge in [0.05, 0.1) is 19.3 Å². The molecule has 0 aromatic heterocycles. The van der Waals surface area contributed by atoms with Crippen LogP contribution in [0.15, 0.2) is 0 Å². The van der Waals surface area contributed by atoms with E-state index >= 15 is 0 Å². The summed E-state index contributed by atoms with van der Waals surface area (Å²) in [6, 6.07) is 0. The Kier molecular flexibility index (Phi) is 2.31. The summed E-state index contributed by atoms with van der Waals surface area (Å²) in [7, 11) is 0. The van der Waals surface area contributed by atoms with Crippen molar-refractivity contribution in [2.45, 2.75) is 31.6 Å². The molecule has 0 amide bonds. The highest BCUT2D eigenvalue weighted by atomic mass is 16.5. The van der Waals surface area contributed by atoms with E-state index in [0.29, 0.717) is 13.2 Å². The maximum atomic E-state index is 9.76. The summed E-state index contributed by atoms with van der Waals surface area (Å²) in [5.74, 6) is 2.30. The summed E-state index contributed by atoms with van der Waals surface area (Å²) in [4.78, 5) is 0. The molecule has 1 atom stereocenters. The first kappa shape index (κ1) is 9.05. The Labute approximate surface area is 78.8 Å². The third kappa shape index (κ3) is 1.47. The predicted molar refractivity (Wildman–Crippen MR) is 49.5 cm³/mol. The van der Waals surface area contributed by atoms with Gasteiger partial charge in [-0.1, -0.05) is 12.6 Å². The van der Waals surface area contributed by atoms with E-state index in [-0.39, 0.29) is 18.2 Å². The van der Waals surface area contributed by atoms with Gasteiger partial charge >= 0.3 is 0 Å². The lowest BCUT2D eigenvalue weighted by Gasteiger charge is -2.35. The number of hydrogen-bond donors (Lipinski definition) is 1. The van der Waals surface area contributed by atoms with Gasteiger partial charge in [0.25, 0.3) is 6.71 Å². The van der Waals surface area contributed by atoms with Crippen molar-refractivity contribution in [3.05, 3.63) is 0 Å². The predicted octanol–water partition coefficient (Wildman–Crippen LogP) is 0.715. The summed E-state index contributed by atoms with van der Waals surface area (Å²) >= 11 is 0. The molecule has 1 spiro atoms. The second kappa shape index (κ2) is 3.32. The van der Waals surface area contributed by atoms with Crippen molar-refractivity contribution in [1.29, 1.82) is 5.26 Å². The van der Waals surface area contributed by atoms with Crippen LogP contribution in [-0.4, -0.2) is 31.1 Å². The monoisotopic (exact) mass is 179 g/mol. The Hall–Kier alpha value is -0.525. The number of nitriles is 1. The van der Waals surface area contributed by atoms with Crippen LogP contribution in [0.5, 0.6) is 0 Å². The lowest BCUT2D eigenvalue weighted by atomic mass is 9.39. The average molecular weight is 179 g/mol. The molecular formula is C9H14BNO2. The molecule has 70 valence electrons. The fourth-order valence-corrected chi connectivity index (χ4v) is 2.45. The minimum Gasteiger partial charge on any atom is -0.390 e. The average Bonchev–Trinajstić information content (AvgIpc) is 2.50. The molecule has 0 radical (unpaired) electrons. The van der Waals surface area contributed by atoms with Gasteiger partial charge in [-0.2, -0.15) is 0 Å². The molecule has 13 heavy (non-hydrogen) atoms. The van der Waals surface area contributed by atoms with Gasteiger partial charge in [0.1, 0.15) is 0 Å². The Morgan fingerprint density at radius 1 is 1.46 bits per heavy atom. The van der Waals surface area contributed by atoms with Crippen LogP contribution < -0.4 is 0 Å². The molecule has 2 fully saturated rings. The third-order valence-electron chi connectivity index (χ3n) is 3.54. The van der Waals surface area contributed by atoms with E-state index in [1.165, 1.54) is 0 Å². The third-order valence-corrected chi connectivity index (χ3v) is 3.54. The maximum Gasteiger partial charge on any atom is 0.267 e. The molecule has 2 saturated heterocycles. The Morgan fingerprint density at radius 3 is 2.62 bits per heavy atom. The van der Waals surface area contributed by atoms with E-state index in [1.54, 1.807) is 0 Å². The molecule has 2 aliphatic rings. The first-order valence-electron chi connectivity index (χ1n) is 4.92. The second-order valence-electron chi connectivity index (χ2n) is 4.30. The lowest BCUT2D eigenvalue weighted by molar-refractivity contribution is 0.0594. The van der Waals surface area contributed by atoms with Crippen LogP contribution in [0, 0.1) is 16.6 Å². The fraction of sp³-hybridized carbons (Fsp3) is 0.889. The normalized spacial score (nSPS) is 32.0.